The molecular weight excluding hydrogens is 416 g/mol. The van der Waals surface area contributed by atoms with Gasteiger partial charge < -0.3 is 19.5 Å². The second kappa shape index (κ2) is 7.70. The number of rotatable bonds is 4. The van der Waals surface area contributed by atoms with Gasteiger partial charge in [0.2, 0.25) is 5.91 Å². The molecule has 1 N–H and O–H groups in total. The number of nitrogens with zero attached hydrogens (tertiary/aromatic N) is 3. The van der Waals surface area contributed by atoms with Crippen LogP contribution in [0.15, 0.2) is 30.6 Å². The van der Waals surface area contributed by atoms with Crippen LogP contribution in [0, 0.1) is 19.3 Å². The quantitative estimate of drug-likeness (QED) is 0.608. The van der Waals surface area contributed by atoms with E-state index in [1.54, 1.807) is 0 Å². The van der Waals surface area contributed by atoms with Crippen LogP contribution in [0.1, 0.15) is 52.7 Å². The molecule has 2 aliphatic rings. The fraction of sp³-hybridized carbons (Fsp3) is 0.423. The van der Waals surface area contributed by atoms with Gasteiger partial charge in [0.25, 0.3) is 0 Å². The van der Waals surface area contributed by atoms with Crippen molar-refractivity contribution < 1.29 is 14.3 Å². The molecule has 33 heavy (non-hydrogen) atoms. The number of nitrogens with one attached hydrogen (secondary N) is 1. The third-order valence-corrected chi connectivity index (χ3v) is 7.22. The Morgan fingerprint density at radius 2 is 1.82 bits per heavy atom. The highest BCUT2D eigenvalue weighted by Crippen LogP contribution is 2.56. The molecule has 3 aromatic rings. The van der Waals surface area contributed by atoms with Gasteiger partial charge in [0.05, 0.1) is 18.2 Å². The number of hydrogen-bond donors (Lipinski definition) is 1. The summed E-state index contributed by atoms with van der Waals surface area (Å²) in [6.07, 6.45) is 6.50. The number of methoxy groups -OCH3 is 1. The summed E-state index contributed by atoms with van der Waals surface area (Å²) in [5.41, 5.74) is 6.11. The van der Waals surface area contributed by atoms with Gasteiger partial charge in [-0.05, 0) is 73.9 Å². The molecule has 0 unspecified atom stereocenters. The van der Waals surface area contributed by atoms with Gasteiger partial charge in [0.15, 0.2) is 0 Å². The van der Waals surface area contributed by atoms with Gasteiger partial charge in [-0.2, -0.15) is 0 Å². The van der Waals surface area contributed by atoms with Crippen molar-refractivity contribution in [3.63, 3.8) is 0 Å². The minimum absolute atomic E-state index is 0.149. The Kier molecular flexibility index (Phi) is 5.05. The molecule has 5 rings (SSSR count). The fourth-order valence-corrected chi connectivity index (χ4v) is 6.00. The molecule has 1 aliphatic heterocycles. The fourth-order valence-electron chi connectivity index (χ4n) is 6.00. The average molecular weight is 447 g/mol. The Morgan fingerprint density at radius 1 is 1.15 bits per heavy atom. The van der Waals surface area contributed by atoms with E-state index in [-0.39, 0.29) is 11.9 Å². The maximum Gasteiger partial charge on any atom is 0.338 e. The van der Waals surface area contributed by atoms with Crippen molar-refractivity contribution in [2.24, 2.45) is 5.41 Å². The normalized spacial score (nSPS) is 17.6. The predicted octanol–water partition coefficient (Wildman–Crippen LogP) is 4.20. The van der Waals surface area contributed by atoms with Crippen LogP contribution in [-0.2, 0) is 9.53 Å². The smallest absolute Gasteiger partial charge is 0.338 e. The van der Waals surface area contributed by atoms with Gasteiger partial charge in [0.1, 0.15) is 5.82 Å². The summed E-state index contributed by atoms with van der Waals surface area (Å²) in [6.45, 7) is 7.71. The van der Waals surface area contributed by atoms with Crippen molar-refractivity contribution >= 4 is 28.6 Å². The molecule has 1 spiro atoms. The third kappa shape index (κ3) is 3.60. The first kappa shape index (κ1) is 21.6. The monoisotopic (exact) mass is 446 g/mol. The minimum Gasteiger partial charge on any atom is -0.465 e. The van der Waals surface area contributed by atoms with Crippen molar-refractivity contribution in [1.29, 1.82) is 0 Å². The van der Waals surface area contributed by atoms with E-state index in [2.05, 4.69) is 33.0 Å². The largest absolute Gasteiger partial charge is 0.465 e. The van der Waals surface area contributed by atoms with Crippen LogP contribution in [0.4, 0.5) is 5.82 Å². The first-order chi connectivity index (χ1) is 15.7. The summed E-state index contributed by atoms with van der Waals surface area (Å²) in [5, 5.41) is 3.92. The molecule has 7 nitrogen and oxygen atoms in total. The number of amides is 1. The highest BCUT2D eigenvalue weighted by molar-refractivity contribution is 5.94. The number of benzene rings is 1. The molecule has 7 heteroatoms. The molecular formula is C26H30N4O3. The van der Waals surface area contributed by atoms with Crippen molar-refractivity contribution in [2.75, 3.05) is 32.6 Å². The number of pyridine rings is 1. The predicted molar refractivity (Wildman–Crippen MR) is 128 cm³/mol. The van der Waals surface area contributed by atoms with Crippen LogP contribution in [0.3, 0.4) is 0 Å². The lowest BCUT2D eigenvalue weighted by atomic mass is 9.56. The van der Waals surface area contributed by atoms with Gasteiger partial charge in [-0.15, -0.1) is 0 Å². The Labute approximate surface area is 193 Å². The van der Waals surface area contributed by atoms with Gasteiger partial charge in [-0.25, -0.2) is 9.78 Å². The number of anilines is 1. The standard InChI is InChI=1S/C26H30N4O3/c1-15-6-19(7-16(2)24(15)25(32)33-5)30-12-21(18-9-26(10-18)13-29(4)14-26)20-11-27-23(8-22(20)30)28-17(3)31/h6-8,11-12,18H,9-10,13-14H2,1-5H3,(H,27,28,31). The molecule has 1 saturated carbocycles. The second-order valence-corrected chi connectivity index (χ2v) is 9.95. The minimum atomic E-state index is -0.322. The maximum atomic E-state index is 12.2. The lowest BCUT2D eigenvalue weighted by molar-refractivity contribution is -0.114. The van der Waals surface area contributed by atoms with E-state index in [1.165, 1.54) is 45.5 Å². The van der Waals surface area contributed by atoms with Crippen molar-refractivity contribution in [3.8, 4) is 5.69 Å². The average Bonchev–Trinajstić information content (AvgIpc) is 3.06. The van der Waals surface area contributed by atoms with E-state index in [0.29, 0.717) is 22.7 Å². The van der Waals surface area contributed by atoms with Crippen LogP contribution in [0.25, 0.3) is 16.6 Å². The lowest BCUT2D eigenvalue weighted by Crippen LogP contribution is -2.59. The van der Waals surface area contributed by atoms with Crippen LogP contribution < -0.4 is 5.32 Å². The maximum absolute atomic E-state index is 12.2. The zero-order valence-corrected chi connectivity index (χ0v) is 19.9. The number of aryl methyl sites for hydroxylation is 2. The van der Waals surface area contributed by atoms with Crippen LogP contribution in [0.5, 0.6) is 0 Å². The third-order valence-electron chi connectivity index (χ3n) is 7.22. The van der Waals surface area contributed by atoms with E-state index in [1.807, 2.05) is 38.2 Å². The Balaban J connectivity index is 1.60. The summed E-state index contributed by atoms with van der Waals surface area (Å²) in [7, 11) is 3.59. The van der Waals surface area contributed by atoms with E-state index in [9.17, 15) is 9.59 Å². The number of likely N-dealkylation sites (tertiary alicyclic amines) is 1. The second-order valence-electron chi connectivity index (χ2n) is 9.95. The zero-order valence-electron chi connectivity index (χ0n) is 19.9. The van der Waals surface area contributed by atoms with Crippen molar-refractivity contribution in [2.45, 2.75) is 39.5 Å². The topological polar surface area (TPSA) is 76.5 Å². The van der Waals surface area contributed by atoms with Crippen LogP contribution >= 0.6 is 0 Å². The summed E-state index contributed by atoms with van der Waals surface area (Å²) in [4.78, 5) is 30.8. The number of fused-ring (bicyclic) bond motifs is 1. The molecule has 3 heterocycles. The highest BCUT2D eigenvalue weighted by Gasteiger charge is 2.51. The summed E-state index contributed by atoms with van der Waals surface area (Å²) < 4.78 is 7.13. The number of aromatic nitrogens is 2. The highest BCUT2D eigenvalue weighted by atomic mass is 16.5. The number of carbonyl (C=O) groups excluding carboxylic acids is 2. The molecule has 1 amide bonds. The molecule has 2 fully saturated rings. The molecule has 172 valence electrons. The molecule has 2 aromatic heterocycles. The van der Waals surface area contributed by atoms with E-state index in [4.69, 9.17) is 4.74 Å². The van der Waals surface area contributed by atoms with Crippen LogP contribution in [-0.4, -0.2) is 53.6 Å². The van der Waals surface area contributed by atoms with Gasteiger partial charge in [-0.3, -0.25) is 4.79 Å². The Morgan fingerprint density at radius 3 is 2.39 bits per heavy atom. The summed E-state index contributed by atoms with van der Waals surface area (Å²) in [6, 6.07) is 5.97. The van der Waals surface area contributed by atoms with Crippen LogP contribution in [0.2, 0.25) is 0 Å². The Bertz CT molecular complexity index is 1260. The number of ether oxygens (including phenoxy) is 1. The molecule has 1 aliphatic carbocycles. The van der Waals surface area contributed by atoms with Gasteiger partial charge in [0, 0.05) is 49.5 Å². The summed E-state index contributed by atoms with van der Waals surface area (Å²) >= 11 is 0. The SMILES string of the molecule is COC(=O)c1c(C)cc(-n2cc(C3CC4(C3)CN(C)C4)c3cnc(NC(C)=O)cc32)cc1C. The van der Waals surface area contributed by atoms with Crippen molar-refractivity contribution in [1.82, 2.24) is 14.5 Å². The van der Waals surface area contributed by atoms with Crippen molar-refractivity contribution in [3.05, 3.63) is 52.8 Å². The number of carbonyl (C=O) groups is 2. The summed E-state index contributed by atoms with van der Waals surface area (Å²) in [5.74, 6) is 0.569. The lowest BCUT2D eigenvalue weighted by Gasteiger charge is -2.58. The molecule has 1 saturated heterocycles. The molecule has 0 bridgehead atoms. The van der Waals surface area contributed by atoms with E-state index >= 15 is 0 Å². The first-order valence-corrected chi connectivity index (χ1v) is 11.4. The van der Waals surface area contributed by atoms with Gasteiger partial charge in [-0.1, -0.05) is 0 Å². The Hall–Kier alpha value is -3.19. The molecule has 1 aromatic carbocycles. The number of hydrogen-bond acceptors (Lipinski definition) is 5. The van der Waals surface area contributed by atoms with E-state index in [0.717, 1.165) is 27.7 Å². The molecule has 0 atom stereocenters. The van der Waals surface area contributed by atoms with Gasteiger partial charge >= 0.3 is 5.97 Å². The first-order valence-electron chi connectivity index (χ1n) is 11.4. The zero-order chi connectivity index (χ0) is 23.5. The number of esters is 1. The van der Waals surface area contributed by atoms with E-state index < -0.39 is 0 Å². The molecule has 0 radical (unpaired) electrons.